The minimum absolute atomic E-state index is 0.0458. The van der Waals surface area contributed by atoms with E-state index >= 15 is 0 Å². The van der Waals surface area contributed by atoms with Gasteiger partial charge in [-0.15, -0.1) is 0 Å². The van der Waals surface area contributed by atoms with E-state index in [2.05, 4.69) is 15.0 Å². The summed E-state index contributed by atoms with van der Waals surface area (Å²) in [6.07, 6.45) is 1.50. The van der Waals surface area contributed by atoms with E-state index in [1.54, 1.807) is 25.1 Å². The maximum absolute atomic E-state index is 14.1. The zero-order chi connectivity index (χ0) is 19.6. The zero-order valence-electron chi connectivity index (χ0n) is 13.9. The molecular weight excluding hydrogens is 374 g/mol. The first-order chi connectivity index (χ1) is 12.9. The van der Waals surface area contributed by atoms with E-state index in [0.717, 1.165) is 12.1 Å². The normalized spacial score (nSPS) is 11.3. The largest absolute Gasteiger partial charge is 0.505 e. The topological polar surface area (TPSA) is 82.2 Å². The van der Waals surface area contributed by atoms with Crippen LogP contribution < -0.4 is 0 Å². The third-order valence-corrected chi connectivity index (χ3v) is 3.93. The number of aromatic hydroxyl groups is 1. The van der Waals surface area contributed by atoms with Crippen molar-refractivity contribution in [2.45, 2.75) is 6.92 Å². The van der Waals surface area contributed by atoms with Crippen LogP contribution >= 0.6 is 11.6 Å². The van der Waals surface area contributed by atoms with Crippen molar-refractivity contribution in [3.8, 4) is 23.1 Å². The Morgan fingerprint density at radius 2 is 2.00 bits per heavy atom. The summed E-state index contributed by atoms with van der Waals surface area (Å²) in [5.41, 5.74) is 0.794. The summed E-state index contributed by atoms with van der Waals surface area (Å²) >= 11 is 5.71. The van der Waals surface area contributed by atoms with Crippen LogP contribution in [0.2, 0.25) is 5.02 Å². The number of hydrogen-bond donors (Lipinski definition) is 1. The van der Waals surface area contributed by atoms with Gasteiger partial charge >= 0.3 is 0 Å². The Hall–Kier alpha value is -3.37. The maximum atomic E-state index is 14.1. The van der Waals surface area contributed by atoms with E-state index < -0.39 is 17.5 Å². The predicted octanol–water partition coefficient (Wildman–Crippen LogP) is 4.73. The van der Waals surface area contributed by atoms with Gasteiger partial charge in [0.15, 0.2) is 11.5 Å². The summed E-state index contributed by atoms with van der Waals surface area (Å²) in [6.45, 7) is 1.74. The van der Waals surface area contributed by atoms with Crippen LogP contribution in [0.25, 0.3) is 11.3 Å². The molecule has 3 aromatic rings. The zero-order valence-corrected chi connectivity index (χ0v) is 14.7. The molecule has 27 heavy (non-hydrogen) atoms. The van der Waals surface area contributed by atoms with Crippen LogP contribution in [0.15, 0.2) is 47.6 Å². The molecule has 0 saturated heterocycles. The average molecular weight is 385 g/mol. The molecule has 0 amide bonds. The van der Waals surface area contributed by atoms with Gasteiger partial charge in [0.1, 0.15) is 17.6 Å². The van der Waals surface area contributed by atoms with E-state index in [1.165, 1.54) is 18.3 Å². The minimum atomic E-state index is -0.896. The summed E-state index contributed by atoms with van der Waals surface area (Å²) in [5, 5.41) is 19.8. The van der Waals surface area contributed by atoms with Crippen LogP contribution in [-0.2, 0) is 0 Å². The Morgan fingerprint density at radius 3 is 2.67 bits per heavy atom. The predicted molar refractivity (Wildman–Crippen MR) is 97.0 cm³/mol. The number of hydrogen-bond acceptors (Lipinski definition) is 5. The summed E-state index contributed by atoms with van der Waals surface area (Å²) in [7, 11) is 0. The highest BCUT2D eigenvalue weighted by Gasteiger charge is 2.18. The molecule has 0 radical (unpaired) electrons. The molecule has 0 unspecified atom stereocenters. The van der Waals surface area contributed by atoms with E-state index in [9.17, 15) is 19.1 Å². The monoisotopic (exact) mass is 384 g/mol. The summed E-state index contributed by atoms with van der Waals surface area (Å²) in [5.74, 6) is -1.94. The van der Waals surface area contributed by atoms with Crippen LogP contribution in [0.5, 0.6) is 5.75 Å². The van der Waals surface area contributed by atoms with Crippen molar-refractivity contribution in [2.24, 2.45) is 4.99 Å². The lowest BCUT2D eigenvalue weighted by Crippen LogP contribution is -2.02. The molecule has 0 bridgehead atoms. The van der Waals surface area contributed by atoms with E-state index in [0.29, 0.717) is 11.3 Å². The molecule has 2 aromatic heterocycles. The number of halogens is 3. The highest BCUT2D eigenvalue weighted by atomic mass is 35.5. The van der Waals surface area contributed by atoms with E-state index in [-0.39, 0.29) is 27.7 Å². The molecule has 0 aliphatic heterocycles. The summed E-state index contributed by atoms with van der Waals surface area (Å²) < 4.78 is 27.4. The standard InChI is InChI=1S/C19H11ClF2N4O/c1-10-6-11(4-5-24-10)18-19(27)13(8-17(22)26-18)16(9-23)25-12-2-3-15(21)14(20)7-12/h2-8,27H,1H3. The van der Waals surface area contributed by atoms with Gasteiger partial charge in [-0.2, -0.15) is 9.65 Å². The molecule has 0 fully saturated rings. The van der Waals surface area contributed by atoms with Gasteiger partial charge in [-0.1, -0.05) is 11.6 Å². The first kappa shape index (κ1) is 18.4. The van der Waals surface area contributed by atoms with Crippen molar-refractivity contribution in [1.29, 1.82) is 5.26 Å². The first-order valence-electron chi connectivity index (χ1n) is 7.66. The number of nitrogens with zero attached hydrogens (tertiary/aromatic N) is 4. The quantitative estimate of drug-likeness (QED) is 0.522. The highest BCUT2D eigenvalue weighted by Crippen LogP contribution is 2.32. The fourth-order valence-electron chi connectivity index (χ4n) is 2.41. The molecule has 8 heteroatoms. The average Bonchev–Trinajstić information content (AvgIpc) is 2.64. The summed E-state index contributed by atoms with van der Waals surface area (Å²) in [4.78, 5) is 11.8. The molecule has 0 aliphatic carbocycles. The Bertz CT molecular complexity index is 1110. The van der Waals surface area contributed by atoms with E-state index in [1.807, 2.05) is 0 Å². The van der Waals surface area contributed by atoms with Crippen molar-refractivity contribution in [3.63, 3.8) is 0 Å². The van der Waals surface area contributed by atoms with Gasteiger partial charge in [-0.25, -0.2) is 14.4 Å². The lowest BCUT2D eigenvalue weighted by atomic mass is 10.0. The van der Waals surface area contributed by atoms with Crippen LogP contribution in [0.4, 0.5) is 14.5 Å². The number of aliphatic imine (C=N–C) groups is 1. The van der Waals surface area contributed by atoms with Crippen molar-refractivity contribution < 1.29 is 13.9 Å². The Morgan fingerprint density at radius 1 is 1.22 bits per heavy atom. The Labute approximate surface area is 158 Å². The molecule has 1 aromatic carbocycles. The number of aromatic nitrogens is 2. The number of pyridine rings is 2. The van der Waals surface area contributed by atoms with Gasteiger partial charge in [-0.3, -0.25) is 4.98 Å². The Kier molecular flexibility index (Phi) is 5.10. The van der Waals surface area contributed by atoms with Gasteiger partial charge in [0.2, 0.25) is 5.95 Å². The molecule has 0 spiro atoms. The molecular formula is C19H11ClF2N4O. The lowest BCUT2D eigenvalue weighted by Gasteiger charge is -2.09. The fraction of sp³-hybridized carbons (Fsp3) is 0.0526. The van der Waals surface area contributed by atoms with Crippen LogP contribution in [-0.4, -0.2) is 20.8 Å². The molecule has 5 nitrogen and oxygen atoms in total. The molecule has 0 saturated carbocycles. The lowest BCUT2D eigenvalue weighted by molar-refractivity contribution is 0.468. The second kappa shape index (κ2) is 7.48. The minimum Gasteiger partial charge on any atom is -0.505 e. The van der Waals surface area contributed by atoms with Crippen molar-refractivity contribution in [3.05, 3.63) is 70.6 Å². The third-order valence-electron chi connectivity index (χ3n) is 3.64. The highest BCUT2D eigenvalue weighted by molar-refractivity contribution is 6.31. The Balaban J connectivity index is 2.16. The summed E-state index contributed by atoms with van der Waals surface area (Å²) in [6, 6.07) is 9.50. The van der Waals surface area contributed by atoms with Gasteiger partial charge in [0, 0.05) is 23.5 Å². The number of aryl methyl sites for hydroxylation is 1. The third kappa shape index (κ3) is 3.91. The number of rotatable bonds is 3. The molecule has 0 atom stereocenters. The first-order valence-corrected chi connectivity index (χ1v) is 8.03. The molecule has 0 aliphatic rings. The smallest absolute Gasteiger partial charge is 0.214 e. The van der Waals surface area contributed by atoms with Gasteiger partial charge < -0.3 is 5.11 Å². The van der Waals surface area contributed by atoms with Crippen molar-refractivity contribution >= 4 is 23.0 Å². The van der Waals surface area contributed by atoms with Gasteiger partial charge in [0.05, 0.1) is 16.3 Å². The van der Waals surface area contributed by atoms with E-state index in [4.69, 9.17) is 11.6 Å². The maximum Gasteiger partial charge on any atom is 0.214 e. The molecule has 3 rings (SSSR count). The second-order valence-corrected chi connectivity index (χ2v) is 5.95. The second-order valence-electron chi connectivity index (χ2n) is 5.55. The number of nitriles is 1. The number of benzene rings is 1. The molecule has 2 heterocycles. The van der Waals surface area contributed by atoms with Crippen LogP contribution in [0, 0.1) is 30.0 Å². The van der Waals surface area contributed by atoms with Gasteiger partial charge in [-0.05, 0) is 37.3 Å². The van der Waals surface area contributed by atoms with Crippen molar-refractivity contribution in [2.75, 3.05) is 0 Å². The molecule has 1 N–H and O–H groups in total. The fourth-order valence-corrected chi connectivity index (χ4v) is 2.59. The SMILES string of the molecule is Cc1cc(-c2nc(F)cc(C(C#N)=Nc3ccc(F)c(Cl)c3)c2O)ccn1. The van der Waals surface area contributed by atoms with Crippen molar-refractivity contribution in [1.82, 2.24) is 9.97 Å². The van der Waals surface area contributed by atoms with Gasteiger partial charge in [0.25, 0.3) is 0 Å². The molecule has 134 valence electrons. The van der Waals surface area contributed by atoms with Crippen LogP contribution in [0.3, 0.4) is 0 Å². The van der Waals surface area contributed by atoms with Crippen LogP contribution in [0.1, 0.15) is 11.3 Å².